The topological polar surface area (TPSA) is 36.4 Å². The quantitative estimate of drug-likeness (QED) is 0.893. The van der Waals surface area contributed by atoms with Crippen LogP contribution in [0.5, 0.6) is 0 Å². The van der Waals surface area contributed by atoms with E-state index in [2.05, 4.69) is 9.88 Å². The first-order chi connectivity index (χ1) is 8.79. The van der Waals surface area contributed by atoms with Crippen molar-refractivity contribution >= 4 is 16.5 Å². The highest BCUT2D eigenvalue weighted by atomic mass is 32.1. The number of rotatable bonds is 2. The Morgan fingerprint density at radius 2 is 2.06 bits per heavy atom. The van der Waals surface area contributed by atoms with Crippen molar-refractivity contribution in [2.75, 3.05) is 11.4 Å². The molecule has 1 aromatic heterocycles. The van der Waals surface area contributed by atoms with Crippen molar-refractivity contribution in [2.45, 2.75) is 58.1 Å². The van der Waals surface area contributed by atoms with Gasteiger partial charge >= 0.3 is 0 Å². The number of aliphatic hydroxyl groups excluding tert-OH is 1. The summed E-state index contributed by atoms with van der Waals surface area (Å²) < 4.78 is 0. The highest BCUT2D eigenvalue weighted by Crippen LogP contribution is 2.39. The number of thiazole rings is 1. The van der Waals surface area contributed by atoms with Crippen LogP contribution in [0.25, 0.3) is 0 Å². The predicted molar refractivity (Wildman–Crippen MR) is 75.1 cm³/mol. The van der Waals surface area contributed by atoms with Crippen molar-refractivity contribution in [2.24, 2.45) is 5.92 Å². The van der Waals surface area contributed by atoms with Gasteiger partial charge in [0, 0.05) is 12.6 Å². The van der Waals surface area contributed by atoms with E-state index in [4.69, 9.17) is 0 Å². The normalized spacial score (nSPS) is 28.2. The maximum absolute atomic E-state index is 9.31. The van der Waals surface area contributed by atoms with Crippen molar-refractivity contribution < 1.29 is 5.11 Å². The number of piperidine rings is 1. The number of anilines is 1. The number of aromatic nitrogens is 1. The maximum atomic E-state index is 9.31. The van der Waals surface area contributed by atoms with E-state index in [1.54, 1.807) is 11.3 Å². The first kappa shape index (κ1) is 12.4. The number of hydrogen-bond donors (Lipinski definition) is 1. The van der Waals surface area contributed by atoms with Gasteiger partial charge in [-0.05, 0) is 38.5 Å². The number of fused-ring (bicyclic) bond motifs is 1. The van der Waals surface area contributed by atoms with Crippen molar-refractivity contribution in [1.29, 1.82) is 0 Å². The van der Waals surface area contributed by atoms with Crippen LogP contribution in [0.15, 0.2) is 0 Å². The second kappa shape index (κ2) is 5.17. The molecule has 4 heteroatoms. The van der Waals surface area contributed by atoms with Crippen LogP contribution >= 0.6 is 11.3 Å². The molecule has 3 rings (SSSR count). The molecule has 1 aliphatic heterocycles. The molecule has 0 spiro atoms. The van der Waals surface area contributed by atoms with Gasteiger partial charge in [-0.3, -0.25) is 0 Å². The zero-order valence-electron chi connectivity index (χ0n) is 11.1. The molecule has 3 nitrogen and oxygen atoms in total. The number of aryl methyl sites for hydroxylation is 1. The van der Waals surface area contributed by atoms with Gasteiger partial charge < -0.3 is 10.0 Å². The summed E-state index contributed by atoms with van der Waals surface area (Å²) in [6.45, 7) is 3.29. The van der Waals surface area contributed by atoms with E-state index in [0.29, 0.717) is 6.04 Å². The van der Waals surface area contributed by atoms with Crippen LogP contribution in [-0.2, 0) is 6.61 Å². The number of hydrogen-bond acceptors (Lipinski definition) is 4. The second-order valence-corrected chi connectivity index (χ2v) is 6.67. The highest BCUT2D eigenvalue weighted by molar-refractivity contribution is 7.15. The fourth-order valence-electron chi connectivity index (χ4n) is 3.54. The number of nitrogens with zero attached hydrogens (tertiary/aromatic N) is 2. The van der Waals surface area contributed by atoms with E-state index in [1.165, 1.54) is 38.5 Å². The van der Waals surface area contributed by atoms with Crippen LogP contribution in [0, 0.1) is 12.8 Å². The van der Waals surface area contributed by atoms with Gasteiger partial charge in [-0.1, -0.05) is 24.2 Å². The van der Waals surface area contributed by atoms with Crippen molar-refractivity contribution in [1.82, 2.24) is 4.98 Å². The van der Waals surface area contributed by atoms with Crippen molar-refractivity contribution in [3.05, 3.63) is 10.6 Å². The smallest absolute Gasteiger partial charge is 0.186 e. The highest BCUT2D eigenvalue weighted by Gasteiger charge is 2.34. The molecule has 1 aliphatic carbocycles. The standard InChI is InChI=1S/C14H22N2OS/c1-10-13(9-17)18-14(15-10)16-8-4-6-11-5-2-3-7-12(11)16/h11-12,17H,2-9H2,1H3. The summed E-state index contributed by atoms with van der Waals surface area (Å²) in [4.78, 5) is 8.24. The first-order valence-electron chi connectivity index (χ1n) is 7.13. The largest absolute Gasteiger partial charge is 0.391 e. The molecular weight excluding hydrogens is 244 g/mol. The summed E-state index contributed by atoms with van der Waals surface area (Å²) in [6, 6.07) is 0.713. The third kappa shape index (κ3) is 2.16. The van der Waals surface area contributed by atoms with E-state index < -0.39 is 0 Å². The zero-order valence-corrected chi connectivity index (χ0v) is 11.9. The Morgan fingerprint density at radius 3 is 2.83 bits per heavy atom. The number of aliphatic hydroxyl groups is 1. The van der Waals surface area contributed by atoms with Crippen LogP contribution in [0.2, 0.25) is 0 Å². The third-order valence-electron chi connectivity index (χ3n) is 4.51. The lowest BCUT2D eigenvalue weighted by atomic mass is 9.78. The summed E-state index contributed by atoms with van der Waals surface area (Å²) in [5, 5.41) is 10.5. The minimum atomic E-state index is 0.130. The van der Waals surface area contributed by atoms with E-state index in [9.17, 15) is 5.11 Å². The van der Waals surface area contributed by atoms with Gasteiger partial charge in [-0.2, -0.15) is 0 Å². The fraction of sp³-hybridized carbons (Fsp3) is 0.786. The van der Waals surface area contributed by atoms with Gasteiger partial charge in [0.05, 0.1) is 17.2 Å². The van der Waals surface area contributed by atoms with Crippen LogP contribution in [-0.4, -0.2) is 22.7 Å². The SMILES string of the molecule is Cc1nc(N2CCCC3CCCCC32)sc1CO. The molecule has 2 heterocycles. The molecule has 2 aliphatic rings. The molecular formula is C14H22N2OS. The lowest BCUT2D eigenvalue weighted by Crippen LogP contribution is -2.46. The molecule has 1 saturated carbocycles. The maximum Gasteiger partial charge on any atom is 0.186 e. The van der Waals surface area contributed by atoms with Crippen LogP contribution in [0.1, 0.15) is 49.1 Å². The van der Waals surface area contributed by atoms with Crippen molar-refractivity contribution in [3.63, 3.8) is 0 Å². The molecule has 2 fully saturated rings. The molecule has 2 unspecified atom stereocenters. The van der Waals surface area contributed by atoms with E-state index >= 15 is 0 Å². The molecule has 1 N–H and O–H groups in total. The molecule has 1 saturated heterocycles. The zero-order chi connectivity index (χ0) is 12.5. The summed E-state index contributed by atoms with van der Waals surface area (Å²) in [6.07, 6.45) is 8.21. The summed E-state index contributed by atoms with van der Waals surface area (Å²) in [5.41, 5.74) is 1.01. The van der Waals surface area contributed by atoms with Crippen LogP contribution in [0.3, 0.4) is 0 Å². The molecule has 1 aromatic rings. The molecule has 18 heavy (non-hydrogen) atoms. The average molecular weight is 266 g/mol. The van der Waals surface area contributed by atoms with Crippen LogP contribution in [0.4, 0.5) is 5.13 Å². The Hall–Kier alpha value is -0.610. The first-order valence-corrected chi connectivity index (χ1v) is 7.95. The Morgan fingerprint density at radius 1 is 1.28 bits per heavy atom. The third-order valence-corrected chi connectivity index (χ3v) is 5.69. The molecule has 0 amide bonds. The van der Waals surface area contributed by atoms with Gasteiger partial charge in [-0.25, -0.2) is 4.98 Å². The molecule has 100 valence electrons. The van der Waals surface area contributed by atoms with Gasteiger partial charge in [0.15, 0.2) is 5.13 Å². The summed E-state index contributed by atoms with van der Waals surface area (Å²) in [7, 11) is 0. The Bertz CT molecular complexity index is 416. The van der Waals surface area contributed by atoms with E-state index in [-0.39, 0.29) is 6.61 Å². The molecule has 0 bridgehead atoms. The minimum Gasteiger partial charge on any atom is -0.391 e. The van der Waals surface area contributed by atoms with Gasteiger partial charge in [-0.15, -0.1) is 0 Å². The molecule has 0 radical (unpaired) electrons. The Balaban J connectivity index is 1.84. The van der Waals surface area contributed by atoms with Gasteiger partial charge in [0.2, 0.25) is 0 Å². The average Bonchev–Trinajstić information content (AvgIpc) is 2.79. The molecule has 0 aromatic carbocycles. The molecule has 2 atom stereocenters. The monoisotopic (exact) mass is 266 g/mol. The summed E-state index contributed by atoms with van der Waals surface area (Å²) in [5.74, 6) is 0.884. The van der Waals surface area contributed by atoms with E-state index in [1.807, 2.05) is 6.92 Å². The van der Waals surface area contributed by atoms with Crippen LogP contribution < -0.4 is 4.90 Å². The Labute approximate surface area is 113 Å². The van der Waals surface area contributed by atoms with Gasteiger partial charge in [0.25, 0.3) is 0 Å². The predicted octanol–water partition coefficient (Wildman–Crippen LogP) is 3.10. The van der Waals surface area contributed by atoms with E-state index in [0.717, 1.165) is 28.2 Å². The fourth-order valence-corrected chi connectivity index (χ4v) is 4.55. The van der Waals surface area contributed by atoms with Crippen molar-refractivity contribution in [3.8, 4) is 0 Å². The Kier molecular flexibility index (Phi) is 3.57. The lowest BCUT2D eigenvalue weighted by molar-refractivity contribution is 0.243. The van der Waals surface area contributed by atoms with Gasteiger partial charge in [0.1, 0.15) is 0 Å². The lowest BCUT2D eigenvalue weighted by Gasteiger charge is -2.44. The summed E-state index contributed by atoms with van der Waals surface area (Å²) >= 11 is 1.69. The second-order valence-electron chi connectivity index (χ2n) is 5.61. The minimum absolute atomic E-state index is 0.130.